The maximum atomic E-state index is 12.4. The summed E-state index contributed by atoms with van der Waals surface area (Å²) in [5.74, 6) is 0.765. The highest BCUT2D eigenvalue weighted by atomic mass is 32.2. The first-order valence-corrected chi connectivity index (χ1v) is 11.8. The number of sulfone groups is 1. The van der Waals surface area contributed by atoms with Crippen LogP contribution in [0.3, 0.4) is 0 Å². The third kappa shape index (κ3) is 5.97. The Morgan fingerprint density at radius 1 is 1.10 bits per heavy atom. The Labute approximate surface area is 171 Å². The second-order valence-electron chi connectivity index (χ2n) is 7.57. The van der Waals surface area contributed by atoms with Crippen LogP contribution in [0, 0.1) is 5.92 Å². The summed E-state index contributed by atoms with van der Waals surface area (Å²) in [5, 5.41) is 12.3. The van der Waals surface area contributed by atoms with Gasteiger partial charge in [0.1, 0.15) is 16.4 Å². The lowest BCUT2D eigenvalue weighted by molar-refractivity contribution is 0.102. The lowest BCUT2D eigenvalue weighted by Crippen LogP contribution is -2.13. The molecule has 0 atom stereocenters. The molecule has 2 N–H and O–H groups in total. The third-order valence-corrected chi connectivity index (χ3v) is 6.38. The number of phenols is 1. The molecule has 6 nitrogen and oxygen atoms in total. The molecule has 1 saturated carbocycles. The summed E-state index contributed by atoms with van der Waals surface area (Å²) in [7, 11) is -3.60. The lowest BCUT2D eigenvalue weighted by atomic mass is 9.87. The van der Waals surface area contributed by atoms with Gasteiger partial charge in [-0.3, -0.25) is 4.79 Å². The fourth-order valence-corrected chi connectivity index (χ4v) is 4.40. The molecule has 2 aromatic carbocycles. The molecular formula is C22H27NO5S. The van der Waals surface area contributed by atoms with Gasteiger partial charge in [0.25, 0.3) is 5.91 Å². The summed E-state index contributed by atoms with van der Waals surface area (Å²) in [4.78, 5) is 12.2. The molecular weight excluding hydrogens is 390 g/mol. The Hall–Kier alpha value is -2.54. The van der Waals surface area contributed by atoms with Crippen LogP contribution in [0.5, 0.6) is 11.5 Å². The largest absolute Gasteiger partial charge is 0.507 e. The molecule has 0 aliphatic heterocycles. The number of phenolic OH excluding ortho intramolecular Hbond substituents is 1. The minimum Gasteiger partial charge on any atom is -0.507 e. The van der Waals surface area contributed by atoms with Gasteiger partial charge in [-0.15, -0.1) is 0 Å². The fraction of sp³-hybridized carbons (Fsp3) is 0.409. The number of carbonyl (C=O) groups excluding carboxylic acids is 1. The Bertz CT molecular complexity index is 948. The summed E-state index contributed by atoms with van der Waals surface area (Å²) in [6.45, 7) is 0.679. The molecule has 7 heteroatoms. The van der Waals surface area contributed by atoms with Gasteiger partial charge in [-0.1, -0.05) is 32.1 Å². The van der Waals surface area contributed by atoms with Crippen molar-refractivity contribution in [1.82, 2.24) is 0 Å². The Morgan fingerprint density at radius 3 is 2.45 bits per heavy atom. The smallest absolute Gasteiger partial charge is 0.255 e. The van der Waals surface area contributed by atoms with Crippen LogP contribution >= 0.6 is 0 Å². The van der Waals surface area contributed by atoms with Gasteiger partial charge in [0.2, 0.25) is 0 Å². The summed E-state index contributed by atoms with van der Waals surface area (Å²) in [5.41, 5.74) is 0.722. The average Bonchev–Trinajstić information content (AvgIpc) is 2.70. The summed E-state index contributed by atoms with van der Waals surface area (Å²) >= 11 is 0. The van der Waals surface area contributed by atoms with Crippen molar-refractivity contribution in [1.29, 1.82) is 0 Å². The molecule has 0 radical (unpaired) electrons. The predicted molar refractivity (Wildman–Crippen MR) is 112 cm³/mol. The second-order valence-corrected chi connectivity index (χ2v) is 9.56. The second kappa shape index (κ2) is 9.31. The lowest BCUT2D eigenvalue weighted by Gasteiger charge is -2.21. The van der Waals surface area contributed by atoms with E-state index in [1.807, 2.05) is 0 Å². The molecule has 3 rings (SSSR count). The average molecular weight is 418 g/mol. The molecule has 1 amide bonds. The Morgan fingerprint density at radius 2 is 1.79 bits per heavy atom. The van der Waals surface area contributed by atoms with E-state index >= 15 is 0 Å². The van der Waals surface area contributed by atoms with Gasteiger partial charge in [-0.2, -0.15) is 0 Å². The quantitative estimate of drug-likeness (QED) is 0.652. The molecule has 1 aliphatic carbocycles. The Balaban J connectivity index is 1.56. The maximum Gasteiger partial charge on any atom is 0.255 e. The van der Waals surface area contributed by atoms with E-state index in [0.29, 0.717) is 17.9 Å². The normalized spacial score (nSPS) is 15.1. The van der Waals surface area contributed by atoms with Gasteiger partial charge in [0.15, 0.2) is 9.84 Å². The van der Waals surface area contributed by atoms with Crippen LogP contribution in [0.4, 0.5) is 5.69 Å². The van der Waals surface area contributed by atoms with Gasteiger partial charge < -0.3 is 15.2 Å². The van der Waals surface area contributed by atoms with E-state index in [-0.39, 0.29) is 16.6 Å². The van der Waals surface area contributed by atoms with Crippen LogP contribution in [0.15, 0.2) is 47.4 Å². The number of nitrogens with one attached hydrogen (secondary N) is 1. The molecule has 29 heavy (non-hydrogen) atoms. The van der Waals surface area contributed by atoms with Gasteiger partial charge in [-0.25, -0.2) is 8.42 Å². The van der Waals surface area contributed by atoms with Gasteiger partial charge in [-0.05, 0) is 54.8 Å². The van der Waals surface area contributed by atoms with E-state index in [2.05, 4.69) is 5.32 Å². The van der Waals surface area contributed by atoms with Crippen LogP contribution < -0.4 is 10.1 Å². The van der Waals surface area contributed by atoms with Crippen molar-refractivity contribution in [3.63, 3.8) is 0 Å². The van der Waals surface area contributed by atoms with Crippen LogP contribution in [0.2, 0.25) is 0 Å². The predicted octanol–water partition coefficient (Wildman–Crippen LogP) is 4.40. The van der Waals surface area contributed by atoms with Crippen LogP contribution in [-0.2, 0) is 9.84 Å². The molecule has 0 saturated heterocycles. The number of aromatic hydroxyl groups is 1. The molecule has 1 aliphatic rings. The minimum atomic E-state index is -3.60. The number of rotatable bonds is 7. The first kappa shape index (κ1) is 21.2. The van der Waals surface area contributed by atoms with Crippen molar-refractivity contribution < 1.29 is 23.1 Å². The standard InChI is InChI=1S/C22H27NO5S/c1-29(26,27)21-15-18(9-12-20(21)24)23-22(25)17-7-10-19(11-8-17)28-14-13-16-5-3-2-4-6-16/h7-12,15-16,24H,2-6,13-14H2,1H3,(H,23,25). The highest BCUT2D eigenvalue weighted by Crippen LogP contribution is 2.27. The number of anilines is 1. The summed E-state index contributed by atoms with van der Waals surface area (Å²) in [6, 6.07) is 10.8. The molecule has 1 fully saturated rings. The van der Waals surface area contributed by atoms with E-state index in [0.717, 1.165) is 24.3 Å². The number of hydrogen-bond donors (Lipinski definition) is 2. The maximum absolute atomic E-state index is 12.4. The first-order valence-electron chi connectivity index (χ1n) is 9.90. The zero-order valence-corrected chi connectivity index (χ0v) is 17.4. The molecule has 2 aromatic rings. The van der Waals surface area contributed by atoms with Crippen molar-refractivity contribution in [2.24, 2.45) is 5.92 Å². The Kier molecular flexibility index (Phi) is 6.79. The van der Waals surface area contributed by atoms with Gasteiger partial charge in [0.05, 0.1) is 6.61 Å². The monoisotopic (exact) mass is 417 g/mol. The highest BCUT2D eigenvalue weighted by Gasteiger charge is 2.16. The van der Waals surface area contributed by atoms with Crippen molar-refractivity contribution in [3.8, 4) is 11.5 Å². The molecule has 156 valence electrons. The number of carbonyl (C=O) groups is 1. The number of ether oxygens (including phenoxy) is 1. The van der Waals surface area contributed by atoms with Crippen molar-refractivity contribution in [3.05, 3.63) is 48.0 Å². The topological polar surface area (TPSA) is 92.7 Å². The zero-order valence-electron chi connectivity index (χ0n) is 16.6. The molecule has 0 aromatic heterocycles. The van der Waals surface area contributed by atoms with E-state index < -0.39 is 9.84 Å². The number of benzene rings is 2. The van der Waals surface area contributed by atoms with Gasteiger partial charge in [0, 0.05) is 17.5 Å². The van der Waals surface area contributed by atoms with E-state index in [1.54, 1.807) is 24.3 Å². The number of amides is 1. The van der Waals surface area contributed by atoms with Crippen LogP contribution in [0.1, 0.15) is 48.9 Å². The number of hydrogen-bond acceptors (Lipinski definition) is 5. The molecule has 0 unspecified atom stereocenters. The van der Waals surface area contributed by atoms with Crippen molar-refractivity contribution in [2.75, 3.05) is 18.2 Å². The van der Waals surface area contributed by atoms with Crippen LogP contribution in [0.25, 0.3) is 0 Å². The molecule has 0 heterocycles. The summed E-state index contributed by atoms with van der Waals surface area (Å²) in [6.07, 6.45) is 8.64. The van der Waals surface area contributed by atoms with Crippen molar-refractivity contribution in [2.45, 2.75) is 43.4 Å². The molecule has 0 bridgehead atoms. The minimum absolute atomic E-state index is 0.225. The van der Waals surface area contributed by atoms with Gasteiger partial charge >= 0.3 is 0 Å². The van der Waals surface area contributed by atoms with Crippen LogP contribution in [-0.4, -0.2) is 32.3 Å². The first-order chi connectivity index (χ1) is 13.8. The van der Waals surface area contributed by atoms with E-state index in [9.17, 15) is 18.3 Å². The van der Waals surface area contributed by atoms with E-state index in [1.165, 1.54) is 50.3 Å². The van der Waals surface area contributed by atoms with E-state index in [4.69, 9.17) is 4.74 Å². The highest BCUT2D eigenvalue weighted by molar-refractivity contribution is 7.90. The fourth-order valence-electron chi connectivity index (χ4n) is 3.61. The van der Waals surface area contributed by atoms with Crippen molar-refractivity contribution >= 4 is 21.4 Å². The zero-order chi connectivity index (χ0) is 20.9. The SMILES string of the molecule is CS(=O)(=O)c1cc(NC(=O)c2ccc(OCCC3CCCCC3)cc2)ccc1O. The summed E-state index contributed by atoms with van der Waals surface area (Å²) < 4.78 is 29.2. The third-order valence-electron chi connectivity index (χ3n) is 5.25. The molecule has 0 spiro atoms.